The van der Waals surface area contributed by atoms with Crippen molar-refractivity contribution < 1.29 is 19.1 Å². The number of nitrogens with zero attached hydrogens (tertiary/aromatic N) is 1. The van der Waals surface area contributed by atoms with Gasteiger partial charge in [-0.15, -0.1) is 0 Å². The van der Waals surface area contributed by atoms with E-state index in [1.807, 2.05) is 6.07 Å². The van der Waals surface area contributed by atoms with Gasteiger partial charge in [-0.25, -0.2) is 5.43 Å². The van der Waals surface area contributed by atoms with Crippen molar-refractivity contribution in [3.63, 3.8) is 0 Å². The van der Waals surface area contributed by atoms with Gasteiger partial charge in [-0.1, -0.05) is 19.3 Å². The van der Waals surface area contributed by atoms with E-state index in [1.165, 1.54) is 19.3 Å². The third-order valence-corrected chi connectivity index (χ3v) is 4.58. The number of hydrogen-bond acceptors (Lipinski definition) is 5. The van der Waals surface area contributed by atoms with Gasteiger partial charge in [-0.3, -0.25) is 9.59 Å². The zero-order valence-electron chi connectivity index (χ0n) is 14.8. The highest BCUT2D eigenvalue weighted by Gasteiger charge is 2.15. The summed E-state index contributed by atoms with van der Waals surface area (Å²) < 4.78 is 10.5. The normalized spacial score (nSPS) is 16.6. The van der Waals surface area contributed by atoms with Crippen LogP contribution in [0.1, 0.15) is 56.9 Å². The summed E-state index contributed by atoms with van der Waals surface area (Å²) in [4.78, 5) is 23.7. The fraction of sp³-hybridized carbons (Fsp3) is 0.526. The number of amides is 2. The van der Waals surface area contributed by atoms with Gasteiger partial charge in [0.05, 0.1) is 6.21 Å². The maximum atomic E-state index is 11.9. The lowest BCUT2D eigenvalue weighted by atomic mass is 9.95. The molecule has 2 amide bonds. The molecule has 0 saturated heterocycles. The Morgan fingerprint density at radius 1 is 1.08 bits per heavy atom. The number of carbonyl (C=O) groups excluding carboxylic acids is 2. The predicted molar refractivity (Wildman–Crippen MR) is 97.2 cm³/mol. The van der Waals surface area contributed by atoms with Gasteiger partial charge in [0.1, 0.15) is 0 Å². The van der Waals surface area contributed by atoms with Gasteiger partial charge in [0.2, 0.25) is 18.6 Å². The van der Waals surface area contributed by atoms with E-state index in [9.17, 15) is 9.59 Å². The molecule has 1 aromatic carbocycles. The van der Waals surface area contributed by atoms with Crippen LogP contribution in [0.4, 0.5) is 0 Å². The molecule has 1 aliphatic heterocycles. The van der Waals surface area contributed by atoms with Crippen LogP contribution < -0.4 is 20.2 Å². The summed E-state index contributed by atoms with van der Waals surface area (Å²) in [5, 5.41) is 6.99. The molecule has 0 radical (unpaired) electrons. The first-order chi connectivity index (χ1) is 12.7. The zero-order chi connectivity index (χ0) is 18.2. The molecular formula is C19H25N3O4. The number of ether oxygens (including phenoxy) is 2. The van der Waals surface area contributed by atoms with Gasteiger partial charge in [0, 0.05) is 18.9 Å². The number of carbonyl (C=O) groups is 2. The van der Waals surface area contributed by atoms with E-state index in [2.05, 4.69) is 15.8 Å². The number of fused-ring (bicyclic) bond motifs is 1. The SMILES string of the molecule is O=C(CCCC(=O)NC1CCCCC1)N/N=C\c1ccc2c(c1)OCO2. The topological polar surface area (TPSA) is 89.0 Å². The number of nitrogens with one attached hydrogen (secondary N) is 2. The molecule has 1 aromatic rings. The van der Waals surface area contributed by atoms with E-state index in [-0.39, 0.29) is 25.0 Å². The lowest BCUT2D eigenvalue weighted by Crippen LogP contribution is -2.36. The smallest absolute Gasteiger partial charge is 0.240 e. The Morgan fingerprint density at radius 3 is 2.69 bits per heavy atom. The molecule has 140 valence electrons. The van der Waals surface area contributed by atoms with E-state index in [0.717, 1.165) is 18.4 Å². The van der Waals surface area contributed by atoms with E-state index in [0.29, 0.717) is 30.4 Å². The second-order valence-electron chi connectivity index (χ2n) is 6.66. The lowest BCUT2D eigenvalue weighted by Gasteiger charge is -2.22. The minimum Gasteiger partial charge on any atom is -0.454 e. The second-order valence-corrected chi connectivity index (χ2v) is 6.66. The molecule has 0 spiro atoms. The summed E-state index contributed by atoms with van der Waals surface area (Å²) in [5.41, 5.74) is 3.29. The summed E-state index contributed by atoms with van der Waals surface area (Å²) >= 11 is 0. The van der Waals surface area contributed by atoms with E-state index in [1.54, 1.807) is 18.3 Å². The molecule has 2 N–H and O–H groups in total. The third kappa shape index (κ3) is 5.47. The molecule has 0 unspecified atom stereocenters. The maximum absolute atomic E-state index is 11.9. The number of benzene rings is 1. The molecule has 1 aliphatic carbocycles. The molecule has 1 saturated carbocycles. The molecule has 0 aromatic heterocycles. The van der Waals surface area contributed by atoms with E-state index in [4.69, 9.17) is 9.47 Å². The van der Waals surface area contributed by atoms with Gasteiger partial charge in [0.25, 0.3) is 0 Å². The Kier molecular flexibility index (Phi) is 6.46. The van der Waals surface area contributed by atoms with Crippen molar-refractivity contribution in [1.29, 1.82) is 0 Å². The Morgan fingerprint density at radius 2 is 1.85 bits per heavy atom. The van der Waals surface area contributed by atoms with E-state index >= 15 is 0 Å². The Hall–Kier alpha value is -2.57. The molecule has 2 aliphatic rings. The van der Waals surface area contributed by atoms with E-state index < -0.39 is 0 Å². The molecule has 7 nitrogen and oxygen atoms in total. The molecule has 26 heavy (non-hydrogen) atoms. The monoisotopic (exact) mass is 359 g/mol. The van der Waals surface area contributed by atoms with Crippen LogP contribution in [0.25, 0.3) is 0 Å². The van der Waals surface area contributed by atoms with Crippen molar-refractivity contribution in [2.45, 2.75) is 57.4 Å². The first-order valence-electron chi connectivity index (χ1n) is 9.21. The van der Waals surface area contributed by atoms with Gasteiger partial charge in [-0.05, 0) is 43.0 Å². The van der Waals surface area contributed by atoms with Crippen molar-refractivity contribution in [3.8, 4) is 11.5 Å². The lowest BCUT2D eigenvalue weighted by molar-refractivity contribution is -0.123. The summed E-state index contributed by atoms with van der Waals surface area (Å²) in [6, 6.07) is 5.75. The predicted octanol–water partition coefficient (Wildman–Crippen LogP) is 2.48. The van der Waals surface area contributed by atoms with Crippen molar-refractivity contribution in [2.75, 3.05) is 6.79 Å². The quantitative estimate of drug-likeness (QED) is 0.578. The summed E-state index contributed by atoms with van der Waals surface area (Å²) in [5.74, 6) is 1.21. The number of hydrazone groups is 1. The minimum atomic E-state index is -0.201. The second kappa shape index (κ2) is 9.22. The molecule has 0 bridgehead atoms. The van der Waals surface area contributed by atoms with Crippen molar-refractivity contribution >= 4 is 18.0 Å². The summed E-state index contributed by atoms with van der Waals surface area (Å²) in [6.45, 7) is 0.223. The highest BCUT2D eigenvalue weighted by Crippen LogP contribution is 2.31. The number of hydrogen-bond donors (Lipinski definition) is 2. The first-order valence-corrected chi connectivity index (χ1v) is 9.21. The largest absolute Gasteiger partial charge is 0.454 e. The third-order valence-electron chi connectivity index (χ3n) is 4.58. The van der Waals surface area contributed by atoms with Gasteiger partial charge in [-0.2, -0.15) is 5.10 Å². The highest BCUT2D eigenvalue weighted by molar-refractivity contribution is 5.83. The van der Waals surface area contributed by atoms with Crippen LogP contribution in [0.15, 0.2) is 23.3 Å². The zero-order valence-corrected chi connectivity index (χ0v) is 14.8. The molecular weight excluding hydrogens is 334 g/mol. The fourth-order valence-electron chi connectivity index (χ4n) is 3.18. The maximum Gasteiger partial charge on any atom is 0.240 e. The average molecular weight is 359 g/mol. The van der Waals surface area contributed by atoms with Gasteiger partial charge in [0.15, 0.2) is 11.5 Å². The molecule has 0 atom stereocenters. The average Bonchev–Trinajstić information content (AvgIpc) is 3.10. The first kappa shape index (κ1) is 18.2. The highest BCUT2D eigenvalue weighted by atomic mass is 16.7. The van der Waals surface area contributed by atoms with Gasteiger partial charge >= 0.3 is 0 Å². The van der Waals surface area contributed by atoms with Gasteiger partial charge < -0.3 is 14.8 Å². The minimum absolute atomic E-state index is 0.0357. The number of rotatable bonds is 7. The van der Waals surface area contributed by atoms with Crippen molar-refractivity contribution in [3.05, 3.63) is 23.8 Å². The Labute approximate surface area is 153 Å². The van der Waals surface area contributed by atoms with Crippen molar-refractivity contribution in [1.82, 2.24) is 10.7 Å². The molecule has 1 heterocycles. The molecule has 3 rings (SSSR count). The Bertz CT molecular complexity index is 669. The van der Waals surface area contributed by atoms with Crippen molar-refractivity contribution in [2.24, 2.45) is 5.10 Å². The standard InChI is InChI=1S/C19H25N3O4/c23-18(21-15-5-2-1-3-6-15)7-4-8-19(24)22-20-12-14-9-10-16-17(11-14)26-13-25-16/h9-12,15H,1-8,13H2,(H,21,23)(H,22,24)/b20-12-. The Balaban J connectivity index is 1.32. The fourth-order valence-corrected chi connectivity index (χ4v) is 3.18. The summed E-state index contributed by atoms with van der Waals surface area (Å²) in [6.07, 6.45) is 8.50. The van der Waals surface area contributed by atoms with Crippen LogP contribution in [0.2, 0.25) is 0 Å². The summed E-state index contributed by atoms with van der Waals surface area (Å²) in [7, 11) is 0. The van der Waals surface area contributed by atoms with Crippen LogP contribution in [0.3, 0.4) is 0 Å². The molecule has 1 fully saturated rings. The van der Waals surface area contributed by atoms with Crippen LogP contribution in [-0.2, 0) is 9.59 Å². The van der Waals surface area contributed by atoms with Crippen LogP contribution in [0, 0.1) is 0 Å². The van der Waals surface area contributed by atoms with Crippen LogP contribution >= 0.6 is 0 Å². The molecule has 7 heteroatoms. The van der Waals surface area contributed by atoms with Crippen LogP contribution in [-0.4, -0.2) is 30.9 Å². The van der Waals surface area contributed by atoms with Crippen LogP contribution in [0.5, 0.6) is 11.5 Å².